The number of likely N-dealkylation sites (tertiary alicyclic amines) is 1. The fourth-order valence-corrected chi connectivity index (χ4v) is 5.68. The Balaban J connectivity index is 1.32. The van der Waals surface area contributed by atoms with Crippen molar-refractivity contribution in [3.63, 3.8) is 0 Å². The van der Waals surface area contributed by atoms with Gasteiger partial charge in [-0.2, -0.15) is 0 Å². The van der Waals surface area contributed by atoms with Crippen molar-refractivity contribution in [1.82, 2.24) is 19.4 Å². The quantitative estimate of drug-likeness (QED) is 0.782. The van der Waals surface area contributed by atoms with Gasteiger partial charge in [0.05, 0.1) is 11.3 Å². The molecule has 2 aromatic rings. The van der Waals surface area contributed by atoms with Crippen molar-refractivity contribution in [1.29, 1.82) is 0 Å². The Morgan fingerprint density at radius 1 is 1.07 bits per heavy atom. The molecule has 5 rings (SSSR count). The van der Waals surface area contributed by atoms with Crippen LogP contribution in [0.2, 0.25) is 0 Å². The summed E-state index contributed by atoms with van der Waals surface area (Å²) >= 11 is 0. The number of benzene rings is 1. The maximum absolute atomic E-state index is 13.4. The average molecular weight is 407 g/mol. The van der Waals surface area contributed by atoms with E-state index in [1.165, 1.54) is 24.9 Å². The molecular weight excluding hydrogens is 372 g/mol. The summed E-state index contributed by atoms with van der Waals surface area (Å²) < 4.78 is 2.03. The molecule has 3 aliphatic rings. The zero-order chi connectivity index (χ0) is 20.7. The summed E-state index contributed by atoms with van der Waals surface area (Å²) in [5.41, 5.74) is 3.79. The molecule has 5 nitrogen and oxygen atoms in total. The van der Waals surface area contributed by atoms with E-state index in [-0.39, 0.29) is 11.0 Å². The van der Waals surface area contributed by atoms with Crippen LogP contribution in [0.5, 0.6) is 0 Å². The fourth-order valence-electron chi connectivity index (χ4n) is 5.68. The smallest absolute Gasteiger partial charge is 0.258 e. The first kappa shape index (κ1) is 20.0. The molecule has 0 aliphatic carbocycles. The van der Waals surface area contributed by atoms with Gasteiger partial charge in [-0.05, 0) is 42.8 Å². The number of hydrogen-bond donors (Lipinski definition) is 0. The van der Waals surface area contributed by atoms with E-state index in [2.05, 4.69) is 54.0 Å². The van der Waals surface area contributed by atoms with Crippen LogP contribution in [0.4, 0.5) is 0 Å². The first-order chi connectivity index (χ1) is 14.5. The molecule has 3 aliphatic heterocycles. The Bertz CT molecular complexity index is 957. The van der Waals surface area contributed by atoms with Crippen molar-refractivity contribution in [3.05, 3.63) is 63.3 Å². The number of fused-ring (bicyclic) bond motifs is 2. The molecule has 0 amide bonds. The standard InChI is InChI=1S/C25H34N4O/c1-19(2)15-27-12-9-25(10-13-27)14-23-26-22-8-11-28(16-20-6-4-3-5-7-20)17-21(22)24(30)29(23)18-25/h3-7,19H,8-18H2,1-2H3. The Hall–Kier alpha value is -1.98. The average Bonchev–Trinajstić information content (AvgIpc) is 3.09. The highest BCUT2D eigenvalue weighted by molar-refractivity contribution is 5.25. The molecule has 30 heavy (non-hydrogen) atoms. The van der Waals surface area contributed by atoms with Crippen molar-refractivity contribution >= 4 is 0 Å². The van der Waals surface area contributed by atoms with Crippen LogP contribution in [0, 0.1) is 11.3 Å². The maximum atomic E-state index is 13.4. The molecule has 0 radical (unpaired) electrons. The fraction of sp³-hybridized carbons (Fsp3) is 0.600. The Kier molecular flexibility index (Phi) is 5.28. The third-order valence-electron chi connectivity index (χ3n) is 7.29. The van der Waals surface area contributed by atoms with Gasteiger partial charge in [-0.15, -0.1) is 0 Å². The topological polar surface area (TPSA) is 41.4 Å². The largest absolute Gasteiger partial charge is 0.303 e. The third-order valence-corrected chi connectivity index (χ3v) is 7.29. The lowest BCUT2D eigenvalue weighted by Crippen LogP contribution is -2.43. The Morgan fingerprint density at radius 3 is 2.57 bits per heavy atom. The van der Waals surface area contributed by atoms with Crippen LogP contribution in [0.25, 0.3) is 0 Å². The second kappa shape index (κ2) is 7.93. The highest BCUT2D eigenvalue weighted by Gasteiger charge is 2.42. The van der Waals surface area contributed by atoms with Gasteiger partial charge in [0.15, 0.2) is 0 Å². The van der Waals surface area contributed by atoms with Gasteiger partial charge in [-0.25, -0.2) is 4.98 Å². The zero-order valence-corrected chi connectivity index (χ0v) is 18.4. The van der Waals surface area contributed by atoms with E-state index >= 15 is 0 Å². The molecule has 1 saturated heterocycles. The first-order valence-corrected chi connectivity index (χ1v) is 11.6. The lowest BCUT2D eigenvalue weighted by molar-refractivity contribution is 0.0944. The van der Waals surface area contributed by atoms with E-state index in [4.69, 9.17) is 4.98 Å². The number of hydrogen-bond acceptors (Lipinski definition) is 4. The van der Waals surface area contributed by atoms with E-state index in [0.717, 1.165) is 75.1 Å². The molecule has 1 aromatic heterocycles. The monoisotopic (exact) mass is 406 g/mol. The van der Waals surface area contributed by atoms with E-state index in [0.29, 0.717) is 0 Å². The van der Waals surface area contributed by atoms with Crippen LogP contribution < -0.4 is 5.56 Å². The van der Waals surface area contributed by atoms with Gasteiger partial charge >= 0.3 is 0 Å². The summed E-state index contributed by atoms with van der Waals surface area (Å²) in [7, 11) is 0. The van der Waals surface area contributed by atoms with Crippen molar-refractivity contribution in [3.8, 4) is 0 Å². The van der Waals surface area contributed by atoms with Crippen molar-refractivity contribution in [2.24, 2.45) is 11.3 Å². The SMILES string of the molecule is CC(C)CN1CCC2(CC1)Cc1nc3c(c(=O)n1C2)CN(Cc1ccccc1)CC3. The minimum absolute atomic E-state index is 0.231. The van der Waals surface area contributed by atoms with Crippen LogP contribution in [0.15, 0.2) is 35.1 Å². The van der Waals surface area contributed by atoms with E-state index < -0.39 is 0 Å². The second-order valence-corrected chi connectivity index (χ2v) is 10.2. The van der Waals surface area contributed by atoms with Crippen molar-refractivity contribution in [2.75, 3.05) is 26.2 Å². The lowest BCUT2D eigenvalue weighted by Gasteiger charge is -2.39. The van der Waals surface area contributed by atoms with Crippen LogP contribution in [-0.2, 0) is 32.5 Å². The Labute approximate surface area is 179 Å². The predicted octanol–water partition coefficient (Wildman–Crippen LogP) is 3.10. The predicted molar refractivity (Wildman–Crippen MR) is 119 cm³/mol. The third kappa shape index (κ3) is 3.85. The number of nitrogens with zero attached hydrogens (tertiary/aromatic N) is 4. The van der Waals surface area contributed by atoms with Gasteiger partial charge in [0.25, 0.3) is 5.56 Å². The van der Waals surface area contributed by atoms with Crippen molar-refractivity contribution < 1.29 is 0 Å². The minimum Gasteiger partial charge on any atom is -0.303 e. The zero-order valence-electron chi connectivity index (χ0n) is 18.4. The number of rotatable bonds is 4. The highest BCUT2D eigenvalue weighted by Crippen LogP contribution is 2.40. The van der Waals surface area contributed by atoms with Gasteiger partial charge in [-0.1, -0.05) is 44.2 Å². The van der Waals surface area contributed by atoms with Gasteiger partial charge in [0, 0.05) is 45.6 Å². The van der Waals surface area contributed by atoms with E-state index in [1.54, 1.807) is 0 Å². The number of aromatic nitrogens is 2. The molecule has 160 valence electrons. The second-order valence-electron chi connectivity index (χ2n) is 10.2. The summed E-state index contributed by atoms with van der Waals surface area (Å²) in [6.45, 7) is 11.6. The summed E-state index contributed by atoms with van der Waals surface area (Å²) in [6, 6.07) is 10.6. The molecule has 0 unspecified atom stereocenters. The van der Waals surface area contributed by atoms with Gasteiger partial charge in [-0.3, -0.25) is 14.3 Å². The summed E-state index contributed by atoms with van der Waals surface area (Å²) in [6.07, 6.45) is 4.25. The molecule has 0 saturated carbocycles. The Morgan fingerprint density at radius 2 is 1.83 bits per heavy atom. The summed E-state index contributed by atoms with van der Waals surface area (Å²) in [5, 5.41) is 0. The normalized spacial score (nSPS) is 21.2. The van der Waals surface area contributed by atoms with Crippen LogP contribution >= 0.6 is 0 Å². The molecule has 0 N–H and O–H groups in total. The van der Waals surface area contributed by atoms with Gasteiger partial charge in [0.2, 0.25) is 0 Å². The van der Waals surface area contributed by atoms with Crippen LogP contribution in [-0.4, -0.2) is 45.5 Å². The molecule has 1 spiro atoms. The summed E-state index contributed by atoms with van der Waals surface area (Å²) in [4.78, 5) is 23.5. The van der Waals surface area contributed by atoms with Crippen molar-refractivity contribution in [2.45, 2.75) is 59.2 Å². The van der Waals surface area contributed by atoms with Gasteiger partial charge < -0.3 is 4.90 Å². The molecule has 1 aromatic carbocycles. The highest BCUT2D eigenvalue weighted by atomic mass is 16.1. The number of piperidine rings is 1. The molecule has 1 fully saturated rings. The lowest BCUT2D eigenvalue weighted by atomic mass is 9.77. The van der Waals surface area contributed by atoms with Gasteiger partial charge in [0.1, 0.15) is 5.82 Å². The summed E-state index contributed by atoms with van der Waals surface area (Å²) in [5.74, 6) is 1.77. The maximum Gasteiger partial charge on any atom is 0.258 e. The molecular formula is C25H34N4O. The molecule has 5 heteroatoms. The van der Waals surface area contributed by atoms with E-state index in [9.17, 15) is 4.79 Å². The van der Waals surface area contributed by atoms with Crippen LogP contribution in [0.1, 0.15) is 49.3 Å². The van der Waals surface area contributed by atoms with E-state index in [1.807, 2.05) is 4.57 Å². The molecule has 0 bridgehead atoms. The molecule has 0 atom stereocenters. The first-order valence-electron chi connectivity index (χ1n) is 11.6. The van der Waals surface area contributed by atoms with Crippen LogP contribution in [0.3, 0.4) is 0 Å². The molecule has 4 heterocycles. The minimum atomic E-state index is 0.231.